The number of methoxy groups -OCH3 is 1. The van der Waals surface area contributed by atoms with Crippen LogP contribution in [0.2, 0.25) is 0 Å². The molecule has 1 saturated heterocycles. The smallest absolute Gasteiger partial charge is 0.322 e. The molecule has 1 aliphatic heterocycles. The summed E-state index contributed by atoms with van der Waals surface area (Å²) in [6.45, 7) is 4.51. The van der Waals surface area contributed by atoms with Gasteiger partial charge >= 0.3 is 6.03 Å². The maximum absolute atomic E-state index is 12.4. The summed E-state index contributed by atoms with van der Waals surface area (Å²) < 4.78 is 11.1. The van der Waals surface area contributed by atoms with Crippen LogP contribution in [0.1, 0.15) is 22.8 Å². The Balaban J connectivity index is 1.58. The van der Waals surface area contributed by atoms with Crippen LogP contribution in [0.3, 0.4) is 0 Å². The normalized spacial score (nSPS) is 13.7. The van der Waals surface area contributed by atoms with E-state index in [0.29, 0.717) is 30.1 Å². The molecule has 1 fully saturated rings. The first-order valence-corrected chi connectivity index (χ1v) is 8.44. The van der Waals surface area contributed by atoms with Crippen LogP contribution in [0.15, 0.2) is 42.5 Å². The van der Waals surface area contributed by atoms with Crippen LogP contribution in [0.5, 0.6) is 11.5 Å². The predicted octanol–water partition coefficient (Wildman–Crippen LogP) is 3.50. The minimum absolute atomic E-state index is 0.0204. The molecule has 26 heavy (non-hydrogen) atoms. The topological polar surface area (TPSA) is 67.9 Å². The monoisotopic (exact) mass is 354 g/mol. The van der Waals surface area contributed by atoms with E-state index >= 15 is 0 Å². The van der Waals surface area contributed by atoms with E-state index < -0.39 is 0 Å². The molecule has 2 aromatic carbocycles. The molecule has 1 heterocycles. The van der Waals surface area contributed by atoms with Gasteiger partial charge in [0.05, 0.1) is 25.9 Å². The third-order valence-electron chi connectivity index (χ3n) is 4.28. The highest BCUT2D eigenvalue weighted by Gasteiger charge is 2.32. The van der Waals surface area contributed by atoms with Gasteiger partial charge in [0.2, 0.25) is 0 Å². The Labute approximate surface area is 152 Å². The number of urea groups is 1. The number of Topliss-reactive ketones (excluding diaryl/α,β-unsaturated/α-hetero) is 1. The first-order valence-electron chi connectivity index (χ1n) is 8.44. The Hall–Kier alpha value is -3.02. The summed E-state index contributed by atoms with van der Waals surface area (Å²) in [6.07, 6.45) is -0.0204. The summed E-state index contributed by atoms with van der Waals surface area (Å²) in [5, 5.41) is 2.81. The zero-order chi connectivity index (χ0) is 18.7. The van der Waals surface area contributed by atoms with E-state index in [4.69, 9.17) is 9.47 Å². The van der Waals surface area contributed by atoms with E-state index in [9.17, 15) is 9.59 Å². The van der Waals surface area contributed by atoms with Crippen LogP contribution in [-0.4, -0.2) is 43.0 Å². The van der Waals surface area contributed by atoms with E-state index in [1.807, 2.05) is 31.2 Å². The second-order valence-corrected chi connectivity index (χ2v) is 6.36. The molecule has 0 spiro atoms. The van der Waals surface area contributed by atoms with Gasteiger partial charge in [-0.25, -0.2) is 4.79 Å². The lowest BCUT2D eigenvalue weighted by atomic mass is 10.1. The van der Waals surface area contributed by atoms with Crippen LogP contribution in [0.4, 0.5) is 10.5 Å². The van der Waals surface area contributed by atoms with E-state index in [2.05, 4.69) is 5.32 Å². The van der Waals surface area contributed by atoms with Gasteiger partial charge in [0.1, 0.15) is 17.6 Å². The van der Waals surface area contributed by atoms with Gasteiger partial charge < -0.3 is 19.7 Å². The zero-order valence-electron chi connectivity index (χ0n) is 15.1. The number of ketones is 1. The number of nitrogens with one attached hydrogen (secondary N) is 1. The number of aryl methyl sites for hydroxylation is 1. The van der Waals surface area contributed by atoms with Crippen LogP contribution in [0, 0.1) is 6.92 Å². The van der Waals surface area contributed by atoms with Crippen molar-refractivity contribution in [1.29, 1.82) is 0 Å². The number of likely N-dealkylation sites (tertiary alicyclic amines) is 1. The van der Waals surface area contributed by atoms with Crippen molar-refractivity contribution in [1.82, 2.24) is 4.90 Å². The minimum atomic E-state index is -0.243. The molecule has 0 aromatic heterocycles. The van der Waals surface area contributed by atoms with Gasteiger partial charge in [0.25, 0.3) is 0 Å². The molecule has 0 radical (unpaired) electrons. The number of ether oxygens (including phenoxy) is 2. The van der Waals surface area contributed by atoms with Crippen LogP contribution in [0.25, 0.3) is 0 Å². The van der Waals surface area contributed by atoms with Crippen molar-refractivity contribution in [3.05, 3.63) is 53.6 Å². The maximum Gasteiger partial charge on any atom is 0.322 e. The highest BCUT2D eigenvalue weighted by atomic mass is 16.5. The number of hydrogen-bond donors (Lipinski definition) is 1. The van der Waals surface area contributed by atoms with Crippen molar-refractivity contribution in [2.24, 2.45) is 0 Å². The lowest BCUT2D eigenvalue weighted by molar-refractivity contribution is 0.0492. The van der Waals surface area contributed by atoms with Gasteiger partial charge in [-0.1, -0.05) is 12.1 Å². The zero-order valence-corrected chi connectivity index (χ0v) is 15.1. The molecule has 2 aromatic rings. The maximum atomic E-state index is 12.4. The number of amides is 2. The lowest BCUT2D eigenvalue weighted by Gasteiger charge is -2.38. The Morgan fingerprint density at radius 1 is 1.15 bits per heavy atom. The average molecular weight is 354 g/mol. The van der Waals surface area contributed by atoms with Crippen LogP contribution in [-0.2, 0) is 0 Å². The molecule has 0 aliphatic carbocycles. The lowest BCUT2D eigenvalue weighted by Crippen LogP contribution is -2.57. The Morgan fingerprint density at radius 3 is 2.58 bits per heavy atom. The summed E-state index contributed by atoms with van der Waals surface area (Å²) in [5.41, 5.74) is 2.13. The second kappa shape index (κ2) is 7.47. The number of carbonyl (C=O) groups is 2. The number of hydrogen-bond acceptors (Lipinski definition) is 4. The van der Waals surface area contributed by atoms with E-state index in [1.165, 1.54) is 14.0 Å². The third-order valence-corrected chi connectivity index (χ3v) is 4.28. The quantitative estimate of drug-likeness (QED) is 0.835. The SMILES string of the molecule is COc1ccc(C(C)=O)cc1NC(=O)N1CC(Oc2cccc(C)c2)C1. The van der Waals surface area contributed by atoms with Gasteiger partial charge in [0, 0.05) is 5.56 Å². The van der Waals surface area contributed by atoms with Gasteiger partial charge in [-0.2, -0.15) is 0 Å². The molecule has 0 saturated carbocycles. The molecule has 6 nitrogen and oxygen atoms in total. The Bertz CT molecular complexity index is 828. The molecular formula is C20H22N2O4. The first-order chi connectivity index (χ1) is 12.5. The van der Waals surface area contributed by atoms with E-state index in [-0.39, 0.29) is 17.9 Å². The van der Waals surface area contributed by atoms with Crippen molar-refractivity contribution in [3.8, 4) is 11.5 Å². The number of nitrogens with zero attached hydrogens (tertiary/aromatic N) is 1. The van der Waals surface area contributed by atoms with Crippen molar-refractivity contribution in [2.75, 3.05) is 25.5 Å². The van der Waals surface area contributed by atoms with Crippen LogP contribution >= 0.6 is 0 Å². The average Bonchev–Trinajstić information content (AvgIpc) is 2.57. The highest BCUT2D eigenvalue weighted by Crippen LogP contribution is 2.27. The van der Waals surface area contributed by atoms with E-state index in [1.54, 1.807) is 23.1 Å². The minimum Gasteiger partial charge on any atom is -0.495 e. The van der Waals surface area contributed by atoms with Gasteiger partial charge in [-0.05, 0) is 49.7 Å². The molecule has 136 valence electrons. The fourth-order valence-electron chi connectivity index (χ4n) is 2.78. The van der Waals surface area contributed by atoms with Gasteiger partial charge in [0.15, 0.2) is 5.78 Å². The number of carbonyl (C=O) groups excluding carboxylic acids is 2. The van der Waals surface area contributed by atoms with E-state index in [0.717, 1.165) is 11.3 Å². The molecule has 0 unspecified atom stereocenters. The van der Waals surface area contributed by atoms with Gasteiger partial charge in [-0.15, -0.1) is 0 Å². The molecular weight excluding hydrogens is 332 g/mol. The molecule has 2 amide bonds. The third kappa shape index (κ3) is 3.96. The number of rotatable bonds is 5. The number of anilines is 1. The Morgan fingerprint density at radius 2 is 1.92 bits per heavy atom. The molecule has 6 heteroatoms. The van der Waals surface area contributed by atoms with Crippen molar-refractivity contribution in [3.63, 3.8) is 0 Å². The number of benzene rings is 2. The molecule has 1 aliphatic rings. The Kier molecular flexibility index (Phi) is 5.11. The van der Waals surface area contributed by atoms with Gasteiger partial charge in [-0.3, -0.25) is 4.79 Å². The standard InChI is InChI=1S/C20H22N2O4/c1-13-5-4-6-16(9-13)26-17-11-22(12-17)20(24)21-18-10-15(14(2)23)7-8-19(18)25-3/h4-10,17H,11-12H2,1-3H3,(H,21,24). The molecule has 1 N–H and O–H groups in total. The predicted molar refractivity (Wildman–Crippen MR) is 99.2 cm³/mol. The highest BCUT2D eigenvalue weighted by molar-refractivity contribution is 5.98. The second-order valence-electron chi connectivity index (χ2n) is 6.36. The van der Waals surface area contributed by atoms with Crippen LogP contribution < -0.4 is 14.8 Å². The molecule has 0 bridgehead atoms. The summed E-state index contributed by atoms with van der Waals surface area (Å²) in [7, 11) is 1.52. The van der Waals surface area contributed by atoms with Crippen molar-refractivity contribution < 1.29 is 19.1 Å². The summed E-state index contributed by atoms with van der Waals surface area (Å²) in [5.74, 6) is 1.25. The fraction of sp³-hybridized carbons (Fsp3) is 0.300. The van der Waals surface area contributed by atoms with Crippen molar-refractivity contribution in [2.45, 2.75) is 20.0 Å². The summed E-state index contributed by atoms with van der Waals surface area (Å²) in [4.78, 5) is 25.6. The summed E-state index contributed by atoms with van der Waals surface area (Å²) in [6, 6.07) is 12.6. The molecule has 0 atom stereocenters. The first kappa shape index (κ1) is 17.8. The summed E-state index contributed by atoms with van der Waals surface area (Å²) >= 11 is 0. The van der Waals surface area contributed by atoms with Crippen molar-refractivity contribution >= 4 is 17.5 Å². The fourth-order valence-corrected chi connectivity index (χ4v) is 2.78. The molecule has 3 rings (SSSR count). The largest absolute Gasteiger partial charge is 0.495 e.